The Hall–Kier alpha value is -0.570. The minimum absolute atomic E-state index is 0.0917. The third-order valence-corrected chi connectivity index (χ3v) is 5.07. The highest BCUT2D eigenvalue weighted by Crippen LogP contribution is 2.34. The predicted octanol–water partition coefficient (Wildman–Crippen LogP) is 3.25. The molecule has 1 heterocycles. The third-order valence-electron chi connectivity index (χ3n) is 5.07. The molecule has 1 aliphatic heterocycles. The Morgan fingerprint density at radius 2 is 1.68 bits per heavy atom. The van der Waals surface area contributed by atoms with Gasteiger partial charge in [0, 0.05) is 0 Å². The summed E-state index contributed by atoms with van der Waals surface area (Å²) < 4.78 is 0. The van der Waals surface area contributed by atoms with Gasteiger partial charge in [-0.3, -0.25) is 4.79 Å². The average molecular weight is 267 g/mol. The summed E-state index contributed by atoms with van der Waals surface area (Å²) in [5, 5.41) is 9.00. The van der Waals surface area contributed by atoms with E-state index in [0.717, 1.165) is 43.7 Å². The maximum atomic E-state index is 10.9. The smallest absolute Gasteiger partial charge is 0.306 e. The minimum atomic E-state index is -0.602. The largest absolute Gasteiger partial charge is 0.481 e. The van der Waals surface area contributed by atoms with E-state index < -0.39 is 5.97 Å². The highest BCUT2D eigenvalue weighted by Gasteiger charge is 2.27. The maximum absolute atomic E-state index is 10.9. The van der Waals surface area contributed by atoms with Crippen molar-refractivity contribution >= 4 is 5.97 Å². The lowest BCUT2D eigenvalue weighted by Gasteiger charge is -2.34. The first-order valence-corrected chi connectivity index (χ1v) is 7.99. The third kappa shape index (κ3) is 4.48. The van der Waals surface area contributed by atoms with Crippen molar-refractivity contribution < 1.29 is 9.90 Å². The molecule has 3 nitrogen and oxygen atoms in total. The molecule has 2 rings (SSSR count). The SMILES string of the molecule is CC1CC(C)CC(CCN2CCC(C(=O)O)CC2)C1. The molecule has 0 bridgehead atoms. The average Bonchev–Trinajstić information content (AvgIpc) is 2.36. The normalized spacial score (nSPS) is 34.3. The summed E-state index contributed by atoms with van der Waals surface area (Å²) in [6.07, 6.45) is 7.19. The number of hydrogen-bond acceptors (Lipinski definition) is 2. The first-order valence-electron chi connectivity index (χ1n) is 7.99. The van der Waals surface area contributed by atoms with E-state index in [1.807, 2.05) is 0 Å². The molecule has 2 unspecified atom stereocenters. The Kier molecular flexibility index (Phi) is 5.26. The molecule has 2 fully saturated rings. The summed E-state index contributed by atoms with van der Waals surface area (Å²) in [7, 11) is 0. The quantitative estimate of drug-likeness (QED) is 0.850. The minimum Gasteiger partial charge on any atom is -0.481 e. The van der Waals surface area contributed by atoms with Gasteiger partial charge in [0.25, 0.3) is 0 Å². The van der Waals surface area contributed by atoms with Crippen molar-refractivity contribution in [3.05, 3.63) is 0 Å². The highest BCUT2D eigenvalue weighted by molar-refractivity contribution is 5.70. The lowest BCUT2D eigenvalue weighted by atomic mass is 9.75. The molecule has 1 N–H and O–H groups in total. The van der Waals surface area contributed by atoms with Crippen LogP contribution in [0.4, 0.5) is 0 Å². The topological polar surface area (TPSA) is 40.5 Å². The highest BCUT2D eigenvalue weighted by atomic mass is 16.4. The van der Waals surface area contributed by atoms with Crippen LogP contribution in [0.3, 0.4) is 0 Å². The molecule has 2 aliphatic rings. The summed E-state index contributed by atoms with van der Waals surface area (Å²) in [5.74, 6) is 1.99. The van der Waals surface area contributed by atoms with E-state index in [-0.39, 0.29) is 5.92 Å². The van der Waals surface area contributed by atoms with Gasteiger partial charge in [0.15, 0.2) is 0 Å². The number of likely N-dealkylation sites (tertiary alicyclic amines) is 1. The summed E-state index contributed by atoms with van der Waals surface area (Å²) >= 11 is 0. The molecule has 0 radical (unpaired) electrons. The zero-order valence-corrected chi connectivity index (χ0v) is 12.5. The molecule has 1 saturated heterocycles. The van der Waals surface area contributed by atoms with Gasteiger partial charge in [-0.05, 0) is 75.9 Å². The van der Waals surface area contributed by atoms with E-state index in [9.17, 15) is 4.79 Å². The zero-order valence-electron chi connectivity index (χ0n) is 12.5. The van der Waals surface area contributed by atoms with E-state index in [0.29, 0.717) is 0 Å². The van der Waals surface area contributed by atoms with Crippen LogP contribution in [0.5, 0.6) is 0 Å². The molecule has 0 amide bonds. The molecule has 0 aromatic heterocycles. The van der Waals surface area contributed by atoms with Crippen LogP contribution in [0.2, 0.25) is 0 Å². The number of hydrogen-bond donors (Lipinski definition) is 1. The monoisotopic (exact) mass is 267 g/mol. The van der Waals surface area contributed by atoms with Gasteiger partial charge in [0.2, 0.25) is 0 Å². The van der Waals surface area contributed by atoms with Crippen LogP contribution in [-0.2, 0) is 4.79 Å². The summed E-state index contributed by atoms with van der Waals surface area (Å²) in [5.41, 5.74) is 0. The fourth-order valence-electron chi connectivity index (χ4n) is 4.12. The van der Waals surface area contributed by atoms with Crippen LogP contribution >= 0.6 is 0 Å². The van der Waals surface area contributed by atoms with E-state index in [2.05, 4.69) is 18.7 Å². The van der Waals surface area contributed by atoms with E-state index in [1.54, 1.807) is 0 Å². The van der Waals surface area contributed by atoms with Gasteiger partial charge in [-0.2, -0.15) is 0 Å². The van der Waals surface area contributed by atoms with E-state index in [1.165, 1.54) is 32.2 Å². The molecule has 110 valence electrons. The Morgan fingerprint density at radius 3 is 2.21 bits per heavy atom. The van der Waals surface area contributed by atoms with Gasteiger partial charge in [0.1, 0.15) is 0 Å². The van der Waals surface area contributed by atoms with Crippen LogP contribution in [0.1, 0.15) is 52.4 Å². The first kappa shape index (κ1) is 14.8. The van der Waals surface area contributed by atoms with Crippen LogP contribution in [0, 0.1) is 23.7 Å². The lowest BCUT2D eigenvalue weighted by molar-refractivity contribution is -0.143. The van der Waals surface area contributed by atoms with Crippen molar-refractivity contribution in [2.24, 2.45) is 23.7 Å². The van der Waals surface area contributed by atoms with Crippen molar-refractivity contribution in [2.45, 2.75) is 52.4 Å². The van der Waals surface area contributed by atoms with Gasteiger partial charge in [-0.25, -0.2) is 0 Å². The predicted molar refractivity (Wildman–Crippen MR) is 77.1 cm³/mol. The lowest BCUT2D eigenvalue weighted by Crippen LogP contribution is -2.37. The number of rotatable bonds is 4. The molecule has 0 aromatic rings. The number of aliphatic carboxylic acids is 1. The van der Waals surface area contributed by atoms with Gasteiger partial charge >= 0.3 is 5.97 Å². The number of piperidine rings is 1. The van der Waals surface area contributed by atoms with Crippen LogP contribution in [-0.4, -0.2) is 35.6 Å². The summed E-state index contributed by atoms with van der Waals surface area (Å²) in [4.78, 5) is 13.4. The second-order valence-corrected chi connectivity index (χ2v) is 7.03. The summed E-state index contributed by atoms with van der Waals surface area (Å²) in [6.45, 7) is 7.92. The molecular formula is C16H29NO2. The molecule has 1 aliphatic carbocycles. The Balaban J connectivity index is 1.67. The number of carboxylic acids is 1. The van der Waals surface area contributed by atoms with Crippen molar-refractivity contribution in [1.82, 2.24) is 4.90 Å². The summed E-state index contributed by atoms with van der Waals surface area (Å²) in [6, 6.07) is 0. The van der Waals surface area contributed by atoms with Gasteiger partial charge in [0.05, 0.1) is 5.92 Å². The molecular weight excluding hydrogens is 238 g/mol. The van der Waals surface area contributed by atoms with Crippen LogP contribution < -0.4 is 0 Å². The molecule has 3 heteroatoms. The first-order chi connectivity index (χ1) is 9.04. The van der Waals surface area contributed by atoms with Gasteiger partial charge in [-0.1, -0.05) is 13.8 Å². The van der Waals surface area contributed by atoms with Gasteiger partial charge < -0.3 is 10.0 Å². The van der Waals surface area contributed by atoms with E-state index >= 15 is 0 Å². The van der Waals surface area contributed by atoms with Crippen LogP contribution in [0.25, 0.3) is 0 Å². The Bertz CT molecular complexity index is 287. The number of carboxylic acid groups (broad SMARTS) is 1. The van der Waals surface area contributed by atoms with Gasteiger partial charge in [-0.15, -0.1) is 0 Å². The molecule has 0 spiro atoms. The molecule has 0 aromatic carbocycles. The van der Waals surface area contributed by atoms with Crippen molar-refractivity contribution in [1.29, 1.82) is 0 Å². The van der Waals surface area contributed by atoms with Crippen LogP contribution in [0.15, 0.2) is 0 Å². The maximum Gasteiger partial charge on any atom is 0.306 e. The van der Waals surface area contributed by atoms with Crippen molar-refractivity contribution in [3.8, 4) is 0 Å². The van der Waals surface area contributed by atoms with Crippen molar-refractivity contribution in [3.63, 3.8) is 0 Å². The standard InChI is InChI=1S/C16H29NO2/c1-12-9-13(2)11-14(10-12)3-6-17-7-4-15(5-8-17)16(18)19/h12-15H,3-11H2,1-2H3,(H,18,19). The molecule has 2 atom stereocenters. The molecule has 19 heavy (non-hydrogen) atoms. The number of nitrogens with zero attached hydrogens (tertiary/aromatic N) is 1. The Labute approximate surface area is 117 Å². The van der Waals surface area contributed by atoms with E-state index in [4.69, 9.17) is 5.11 Å². The Morgan fingerprint density at radius 1 is 1.11 bits per heavy atom. The second kappa shape index (κ2) is 6.74. The second-order valence-electron chi connectivity index (χ2n) is 7.03. The van der Waals surface area contributed by atoms with Crippen molar-refractivity contribution in [2.75, 3.05) is 19.6 Å². The molecule has 1 saturated carbocycles. The zero-order chi connectivity index (χ0) is 13.8. The fourth-order valence-corrected chi connectivity index (χ4v) is 4.12. The number of carbonyl (C=O) groups is 1. The fraction of sp³-hybridized carbons (Fsp3) is 0.938.